The molecular weight excluding hydrogens is 336 g/mol. The molecular formula is C23H40O2Si. The number of methoxy groups -OCH3 is 1. The van der Waals surface area contributed by atoms with Gasteiger partial charge >= 0.3 is 0 Å². The first-order valence-corrected chi connectivity index (χ1v) is 13.7. The molecule has 0 heterocycles. The third-order valence-corrected chi connectivity index (χ3v) is 10.3. The fraction of sp³-hybridized carbons (Fsp3) is 0.739. The standard InChI is InChI=1S/C23H40O2Si/c1-7-25-22(24-4)23(3,20-15-13-19(2)14-16-20)17-18-26(5,6)21-11-9-8-10-12-21/h8-12,19-20,22H,7,13-18H2,1-6H3. The second-order valence-electron chi connectivity index (χ2n) is 9.24. The Morgan fingerprint density at radius 1 is 1.12 bits per heavy atom. The van der Waals surface area contributed by atoms with E-state index in [1.165, 1.54) is 38.1 Å². The van der Waals surface area contributed by atoms with Gasteiger partial charge in [-0.2, -0.15) is 0 Å². The lowest BCUT2D eigenvalue weighted by Gasteiger charge is -2.46. The van der Waals surface area contributed by atoms with Crippen LogP contribution in [-0.4, -0.2) is 28.1 Å². The minimum Gasteiger partial charge on any atom is -0.355 e. The summed E-state index contributed by atoms with van der Waals surface area (Å²) in [4.78, 5) is 0. The largest absolute Gasteiger partial charge is 0.355 e. The Balaban J connectivity index is 2.18. The molecule has 1 aliphatic carbocycles. The second-order valence-corrected chi connectivity index (χ2v) is 14.1. The van der Waals surface area contributed by atoms with E-state index in [4.69, 9.17) is 9.47 Å². The molecule has 2 unspecified atom stereocenters. The van der Waals surface area contributed by atoms with E-state index in [-0.39, 0.29) is 11.7 Å². The molecule has 1 fully saturated rings. The van der Waals surface area contributed by atoms with Crippen LogP contribution in [0.1, 0.15) is 52.9 Å². The van der Waals surface area contributed by atoms with Crippen molar-refractivity contribution in [3.05, 3.63) is 30.3 Å². The van der Waals surface area contributed by atoms with Crippen LogP contribution in [0.5, 0.6) is 0 Å². The van der Waals surface area contributed by atoms with Gasteiger partial charge in [0.05, 0.1) is 8.07 Å². The summed E-state index contributed by atoms with van der Waals surface area (Å²) in [5, 5.41) is 1.56. The minimum atomic E-state index is -1.46. The van der Waals surface area contributed by atoms with Crippen LogP contribution in [-0.2, 0) is 9.47 Å². The molecule has 0 radical (unpaired) electrons. The summed E-state index contributed by atoms with van der Waals surface area (Å²) < 4.78 is 12.0. The van der Waals surface area contributed by atoms with Gasteiger partial charge in [0.2, 0.25) is 0 Å². The number of ether oxygens (including phenoxy) is 2. The van der Waals surface area contributed by atoms with E-state index >= 15 is 0 Å². The zero-order valence-corrected chi connectivity index (χ0v) is 18.9. The van der Waals surface area contributed by atoms with Gasteiger partial charge in [0.15, 0.2) is 6.29 Å². The Kier molecular flexibility index (Phi) is 7.93. The zero-order chi connectivity index (χ0) is 19.2. The van der Waals surface area contributed by atoms with E-state index in [0.717, 1.165) is 12.5 Å². The van der Waals surface area contributed by atoms with Crippen LogP contribution in [0.4, 0.5) is 0 Å². The van der Waals surface area contributed by atoms with Gasteiger partial charge in [-0.15, -0.1) is 0 Å². The molecule has 3 heteroatoms. The van der Waals surface area contributed by atoms with Crippen LogP contribution >= 0.6 is 0 Å². The molecule has 1 aromatic carbocycles. The smallest absolute Gasteiger partial charge is 0.162 e. The molecule has 148 valence electrons. The lowest BCUT2D eigenvalue weighted by molar-refractivity contribution is -0.207. The topological polar surface area (TPSA) is 18.5 Å². The van der Waals surface area contributed by atoms with Crippen LogP contribution < -0.4 is 5.19 Å². The Morgan fingerprint density at radius 3 is 2.27 bits per heavy atom. The van der Waals surface area contributed by atoms with Gasteiger partial charge < -0.3 is 9.47 Å². The van der Waals surface area contributed by atoms with Crippen molar-refractivity contribution in [3.63, 3.8) is 0 Å². The maximum atomic E-state index is 6.10. The van der Waals surface area contributed by atoms with Crippen LogP contribution in [0.25, 0.3) is 0 Å². The van der Waals surface area contributed by atoms with Crippen molar-refractivity contribution in [2.75, 3.05) is 13.7 Å². The molecule has 1 aliphatic rings. The van der Waals surface area contributed by atoms with Gasteiger partial charge in [-0.05, 0) is 38.0 Å². The van der Waals surface area contributed by atoms with Crippen molar-refractivity contribution >= 4 is 13.3 Å². The molecule has 1 aromatic rings. The summed E-state index contributed by atoms with van der Waals surface area (Å²) in [6.07, 6.45) is 6.44. The SMILES string of the molecule is CCOC(OC)C(C)(CC[Si](C)(C)c1ccccc1)C1CCC(C)CC1. The molecule has 0 N–H and O–H groups in total. The third-order valence-electron chi connectivity index (χ3n) is 6.86. The quantitative estimate of drug-likeness (QED) is 0.398. The first-order chi connectivity index (χ1) is 12.3. The molecule has 1 saturated carbocycles. The predicted octanol–water partition coefficient (Wildman–Crippen LogP) is 5.83. The zero-order valence-electron chi connectivity index (χ0n) is 17.9. The summed E-state index contributed by atoms with van der Waals surface area (Å²) in [6.45, 7) is 12.7. The lowest BCUT2D eigenvalue weighted by atomic mass is 9.66. The van der Waals surface area contributed by atoms with Crippen molar-refractivity contribution in [1.82, 2.24) is 0 Å². The third kappa shape index (κ3) is 5.21. The average molecular weight is 377 g/mol. The van der Waals surface area contributed by atoms with E-state index in [2.05, 4.69) is 64.2 Å². The number of hydrogen-bond acceptors (Lipinski definition) is 2. The van der Waals surface area contributed by atoms with Gasteiger partial charge in [-0.3, -0.25) is 0 Å². The Labute approximate surface area is 162 Å². The number of hydrogen-bond donors (Lipinski definition) is 0. The summed E-state index contributed by atoms with van der Waals surface area (Å²) in [5.74, 6) is 1.58. The molecule has 0 bridgehead atoms. The summed E-state index contributed by atoms with van der Waals surface area (Å²) >= 11 is 0. The van der Waals surface area contributed by atoms with Crippen LogP contribution in [0.15, 0.2) is 30.3 Å². The fourth-order valence-corrected chi connectivity index (χ4v) is 7.28. The molecule has 0 aromatic heterocycles. The maximum absolute atomic E-state index is 6.10. The van der Waals surface area contributed by atoms with E-state index in [1.807, 2.05) is 7.11 Å². The Bertz CT molecular complexity index is 522. The number of benzene rings is 1. The maximum Gasteiger partial charge on any atom is 0.162 e. The van der Waals surface area contributed by atoms with Gasteiger partial charge in [0, 0.05) is 19.1 Å². The summed E-state index contributed by atoms with van der Waals surface area (Å²) in [5.41, 5.74) is 0.101. The molecule has 0 aliphatic heterocycles. The summed E-state index contributed by atoms with van der Waals surface area (Å²) in [7, 11) is 0.364. The van der Waals surface area contributed by atoms with E-state index in [1.54, 1.807) is 5.19 Å². The fourth-order valence-electron chi connectivity index (χ4n) is 4.73. The molecule has 2 nitrogen and oxygen atoms in total. The van der Waals surface area contributed by atoms with Gasteiger partial charge in [-0.1, -0.05) is 81.3 Å². The van der Waals surface area contributed by atoms with Gasteiger partial charge in [-0.25, -0.2) is 0 Å². The molecule has 0 amide bonds. The predicted molar refractivity (Wildman–Crippen MR) is 115 cm³/mol. The highest BCUT2D eigenvalue weighted by atomic mass is 28.3. The first kappa shape index (κ1) is 21.7. The molecule has 0 saturated heterocycles. The lowest BCUT2D eigenvalue weighted by Crippen LogP contribution is -2.47. The second kappa shape index (κ2) is 9.52. The Hall–Kier alpha value is -0.643. The molecule has 0 spiro atoms. The highest BCUT2D eigenvalue weighted by molar-refractivity contribution is 6.89. The van der Waals surface area contributed by atoms with Crippen molar-refractivity contribution < 1.29 is 9.47 Å². The molecule has 2 atom stereocenters. The summed E-state index contributed by atoms with van der Waals surface area (Å²) in [6, 6.07) is 12.4. The minimum absolute atomic E-state index is 0.0912. The highest BCUT2D eigenvalue weighted by Crippen LogP contribution is 2.47. The normalized spacial score (nSPS) is 24.8. The number of rotatable bonds is 9. The van der Waals surface area contributed by atoms with Gasteiger partial charge in [0.1, 0.15) is 0 Å². The average Bonchev–Trinajstić information content (AvgIpc) is 2.65. The highest BCUT2D eigenvalue weighted by Gasteiger charge is 2.44. The monoisotopic (exact) mass is 376 g/mol. The molecule has 2 rings (SSSR count). The molecule has 26 heavy (non-hydrogen) atoms. The Morgan fingerprint density at radius 2 is 1.73 bits per heavy atom. The van der Waals surface area contributed by atoms with Crippen LogP contribution in [0.2, 0.25) is 19.1 Å². The first-order valence-electron chi connectivity index (χ1n) is 10.5. The van der Waals surface area contributed by atoms with Crippen molar-refractivity contribution in [2.24, 2.45) is 17.3 Å². The van der Waals surface area contributed by atoms with E-state index in [9.17, 15) is 0 Å². The van der Waals surface area contributed by atoms with Gasteiger partial charge in [0.25, 0.3) is 0 Å². The van der Waals surface area contributed by atoms with E-state index < -0.39 is 8.07 Å². The van der Waals surface area contributed by atoms with Crippen LogP contribution in [0.3, 0.4) is 0 Å². The van der Waals surface area contributed by atoms with Crippen molar-refractivity contribution in [3.8, 4) is 0 Å². The van der Waals surface area contributed by atoms with Crippen molar-refractivity contribution in [1.29, 1.82) is 0 Å². The van der Waals surface area contributed by atoms with E-state index in [0.29, 0.717) is 5.92 Å². The van der Waals surface area contributed by atoms with Crippen molar-refractivity contribution in [2.45, 2.75) is 78.3 Å². The van der Waals surface area contributed by atoms with Crippen LogP contribution in [0, 0.1) is 17.3 Å².